The molecule has 1 aliphatic carbocycles. The Balaban J connectivity index is 0.842. The molecule has 0 fully saturated rings. The van der Waals surface area contributed by atoms with E-state index in [1.807, 2.05) is 18.3 Å². The molecule has 0 spiro atoms. The first-order valence-electron chi connectivity index (χ1n) is 27.2. The Labute approximate surface area is 459 Å². The molecule has 7 nitrogen and oxygen atoms in total. The predicted octanol–water partition coefficient (Wildman–Crippen LogP) is 17.9. The van der Waals surface area contributed by atoms with Gasteiger partial charge in [0.1, 0.15) is 24.0 Å². The number of imidazole rings is 2. The van der Waals surface area contributed by atoms with Gasteiger partial charge in [0.2, 0.25) is 5.78 Å². The van der Waals surface area contributed by atoms with Crippen molar-refractivity contribution in [3.05, 3.63) is 289 Å². The van der Waals surface area contributed by atoms with Crippen LogP contribution in [0.25, 0.3) is 67.0 Å². The van der Waals surface area contributed by atoms with Crippen LogP contribution in [0.2, 0.25) is 0 Å². The molecule has 0 saturated carbocycles. The number of aromatic nitrogens is 4. The SMILES string of the molecule is CC(C)(C)c1cc(-c2ccccc2)c(N2CN(c3cccc(Oc4ccc5c(c4)n(-c4cc(C6(c7ccccc7)c7ccccc7-c7ccccc76)ccn4)c4nc6ccccc6n54)c3)c3ccccc32)c(-c2ccccc2)c1. The number of hydrogen-bond acceptors (Lipinski definition) is 5. The van der Waals surface area contributed by atoms with Gasteiger partial charge in [0.15, 0.2) is 0 Å². The standard InChI is InChI=1S/C72H54N6O/c1-71(2,3)52-42-58(48-22-7-4-8-23-48)69(59(43-52)49-24-9-5-10-25-49)76-47-75(64-36-19-20-37-65(64)76)53-28-21-29-54(45-53)79-55-38-39-66-67(46-55)78(70-74-62-34-17-18-35-63(62)77(66)70)68-44-51(40-41-73-68)72(50-26-11-6-12-27-50)60-32-15-13-30-56(60)57-31-14-16-33-61(57)72/h4-46H,47H2,1-3H3. The molecule has 0 bridgehead atoms. The number of benzene rings is 10. The first-order chi connectivity index (χ1) is 38.8. The lowest BCUT2D eigenvalue weighted by atomic mass is 9.68. The largest absolute Gasteiger partial charge is 0.457 e. The fraction of sp³-hybridized carbons (Fsp3) is 0.0833. The number of para-hydroxylation sites is 4. The summed E-state index contributed by atoms with van der Waals surface area (Å²) in [5.41, 5.74) is 21.0. The molecule has 10 aromatic carbocycles. The van der Waals surface area contributed by atoms with E-state index in [4.69, 9.17) is 14.7 Å². The molecule has 0 amide bonds. The maximum atomic E-state index is 6.99. The van der Waals surface area contributed by atoms with Crippen LogP contribution in [0, 0.1) is 0 Å². The summed E-state index contributed by atoms with van der Waals surface area (Å²) in [4.78, 5) is 15.4. The zero-order chi connectivity index (χ0) is 52.8. The second-order valence-electron chi connectivity index (χ2n) is 21.8. The topological polar surface area (TPSA) is 50.8 Å². The van der Waals surface area contributed by atoms with Crippen molar-refractivity contribution in [1.29, 1.82) is 0 Å². The summed E-state index contributed by atoms with van der Waals surface area (Å²) in [6, 6.07) is 91.5. The Morgan fingerprint density at radius 1 is 0.456 bits per heavy atom. The van der Waals surface area contributed by atoms with Crippen LogP contribution in [0.4, 0.5) is 22.7 Å². The maximum Gasteiger partial charge on any atom is 0.221 e. The van der Waals surface area contributed by atoms with Gasteiger partial charge in [0.05, 0.1) is 44.5 Å². The minimum absolute atomic E-state index is 0.0711. The quantitative estimate of drug-likeness (QED) is 0.144. The summed E-state index contributed by atoms with van der Waals surface area (Å²) in [5.74, 6) is 2.97. The van der Waals surface area contributed by atoms with Crippen molar-refractivity contribution >= 4 is 50.6 Å². The highest BCUT2D eigenvalue weighted by molar-refractivity contribution is 5.99. The molecule has 1 aliphatic heterocycles. The van der Waals surface area contributed by atoms with E-state index in [1.54, 1.807) is 0 Å². The van der Waals surface area contributed by atoms with Crippen LogP contribution in [0.1, 0.15) is 48.6 Å². The zero-order valence-corrected chi connectivity index (χ0v) is 44.1. The Morgan fingerprint density at radius 3 is 1.73 bits per heavy atom. The Kier molecular flexibility index (Phi) is 10.6. The Morgan fingerprint density at radius 2 is 1.05 bits per heavy atom. The molecule has 4 heterocycles. The molecule has 7 heteroatoms. The first-order valence-corrected chi connectivity index (χ1v) is 27.2. The van der Waals surface area contributed by atoms with Crippen molar-refractivity contribution in [3.8, 4) is 50.7 Å². The van der Waals surface area contributed by atoms with Crippen LogP contribution >= 0.6 is 0 Å². The molecular formula is C72H54N6O. The molecule has 15 rings (SSSR count). The average molecular weight is 1020 g/mol. The number of pyridine rings is 1. The molecule has 13 aromatic rings. The minimum atomic E-state index is -0.594. The van der Waals surface area contributed by atoms with E-state index in [1.165, 1.54) is 61.3 Å². The van der Waals surface area contributed by atoms with E-state index >= 15 is 0 Å². The van der Waals surface area contributed by atoms with Crippen LogP contribution < -0.4 is 14.5 Å². The summed E-state index contributed by atoms with van der Waals surface area (Å²) in [7, 11) is 0. The van der Waals surface area contributed by atoms with Crippen molar-refractivity contribution in [2.75, 3.05) is 16.5 Å². The summed E-state index contributed by atoms with van der Waals surface area (Å²) < 4.78 is 11.4. The van der Waals surface area contributed by atoms with Gasteiger partial charge in [-0.3, -0.25) is 8.97 Å². The molecule has 2 aliphatic rings. The van der Waals surface area contributed by atoms with Crippen molar-refractivity contribution in [2.24, 2.45) is 0 Å². The van der Waals surface area contributed by atoms with Crippen LogP contribution in [-0.4, -0.2) is 25.6 Å². The molecular weight excluding hydrogens is 965 g/mol. The molecule has 378 valence electrons. The summed E-state index contributed by atoms with van der Waals surface area (Å²) in [5, 5.41) is 0. The highest BCUT2D eigenvalue weighted by Crippen LogP contribution is 2.57. The van der Waals surface area contributed by atoms with Gasteiger partial charge < -0.3 is 14.5 Å². The summed E-state index contributed by atoms with van der Waals surface area (Å²) >= 11 is 0. The number of anilines is 4. The predicted molar refractivity (Wildman–Crippen MR) is 323 cm³/mol. The monoisotopic (exact) mass is 1020 g/mol. The first kappa shape index (κ1) is 46.3. The van der Waals surface area contributed by atoms with Gasteiger partial charge in [0.25, 0.3) is 0 Å². The third kappa shape index (κ3) is 7.34. The minimum Gasteiger partial charge on any atom is -0.457 e. The van der Waals surface area contributed by atoms with E-state index in [0.29, 0.717) is 12.4 Å². The fourth-order valence-corrected chi connectivity index (χ4v) is 12.7. The van der Waals surface area contributed by atoms with Gasteiger partial charge in [-0.1, -0.05) is 191 Å². The van der Waals surface area contributed by atoms with Crippen molar-refractivity contribution in [2.45, 2.75) is 31.6 Å². The van der Waals surface area contributed by atoms with Crippen LogP contribution in [0.5, 0.6) is 11.5 Å². The van der Waals surface area contributed by atoms with Gasteiger partial charge >= 0.3 is 0 Å². The van der Waals surface area contributed by atoms with Crippen LogP contribution in [0.15, 0.2) is 261 Å². The Hall–Kier alpha value is -9.98. The molecule has 0 atom stereocenters. The van der Waals surface area contributed by atoms with Gasteiger partial charge in [-0.15, -0.1) is 0 Å². The van der Waals surface area contributed by atoms with Crippen molar-refractivity contribution < 1.29 is 4.74 Å². The molecule has 0 saturated heterocycles. The maximum absolute atomic E-state index is 6.99. The number of rotatable bonds is 9. The second-order valence-corrected chi connectivity index (χ2v) is 21.8. The molecule has 3 aromatic heterocycles. The number of ether oxygens (including phenoxy) is 1. The lowest BCUT2D eigenvalue weighted by Crippen LogP contribution is -2.28. The highest BCUT2D eigenvalue weighted by Gasteiger charge is 2.46. The van der Waals surface area contributed by atoms with E-state index in [9.17, 15) is 0 Å². The van der Waals surface area contributed by atoms with E-state index in [0.717, 1.165) is 62.0 Å². The molecule has 0 N–H and O–H groups in total. The van der Waals surface area contributed by atoms with E-state index in [-0.39, 0.29) is 5.41 Å². The summed E-state index contributed by atoms with van der Waals surface area (Å²) in [6.07, 6.45) is 1.96. The zero-order valence-electron chi connectivity index (χ0n) is 44.1. The van der Waals surface area contributed by atoms with Crippen LogP contribution in [-0.2, 0) is 10.8 Å². The van der Waals surface area contributed by atoms with Crippen LogP contribution in [0.3, 0.4) is 0 Å². The third-order valence-electron chi connectivity index (χ3n) is 16.3. The summed E-state index contributed by atoms with van der Waals surface area (Å²) in [6.45, 7) is 7.50. The van der Waals surface area contributed by atoms with Gasteiger partial charge in [-0.2, -0.15) is 0 Å². The number of nitrogens with zero attached hydrogens (tertiary/aromatic N) is 6. The van der Waals surface area contributed by atoms with Crippen molar-refractivity contribution in [3.63, 3.8) is 0 Å². The smallest absolute Gasteiger partial charge is 0.221 e. The molecule has 0 radical (unpaired) electrons. The number of fused-ring (bicyclic) bond motifs is 9. The lowest BCUT2D eigenvalue weighted by Gasteiger charge is -2.34. The average Bonchev–Trinajstić information content (AvgIpc) is 3.16. The lowest BCUT2D eigenvalue weighted by molar-refractivity contribution is 0.483. The van der Waals surface area contributed by atoms with Gasteiger partial charge in [0, 0.05) is 35.1 Å². The van der Waals surface area contributed by atoms with Crippen molar-refractivity contribution in [1.82, 2.24) is 18.9 Å². The normalized spacial score (nSPS) is 13.5. The van der Waals surface area contributed by atoms with E-state index in [2.05, 4.69) is 282 Å². The second kappa shape index (κ2) is 18.1. The molecule has 79 heavy (non-hydrogen) atoms. The fourth-order valence-electron chi connectivity index (χ4n) is 12.7. The third-order valence-corrected chi connectivity index (χ3v) is 16.3. The van der Waals surface area contributed by atoms with E-state index < -0.39 is 5.41 Å². The Bertz CT molecular complexity index is 4390. The van der Waals surface area contributed by atoms with Gasteiger partial charge in [-0.05, 0) is 128 Å². The van der Waals surface area contributed by atoms with Gasteiger partial charge in [-0.25, -0.2) is 9.97 Å². The highest BCUT2D eigenvalue weighted by atomic mass is 16.5. The number of hydrogen-bond donors (Lipinski definition) is 0. The molecule has 0 unspecified atom stereocenters.